The number of hydrogen-bond acceptors (Lipinski definition) is 5. The van der Waals surface area contributed by atoms with Gasteiger partial charge in [-0.15, -0.1) is 0 Å². The van der Waals surface area contributed by atoms with Crippen LogP contribution in [0.2, 0.25) is 0 Å². The molecule has 2 saturated heterocycles. The van der Waals surface area contributed by atoms with Crippen LogP contribution in [0.5, 0.6) is 5.88 Å². The molecule has 1 amide bonds. The van der Waals surface area contributed by atoms with Crippen molar-refractivity contribution in [1.29, 1.82) is 5.26 Å². The quantitative estimate of drug-likeness (QED) is 0.844. The number of carbonyl (C=O) groups excluding carboxylic acids is 1. The number of piperidine rings is 1. The van der Waals surface area contributed by atoms with Gasteiger partial charge in [0.15, 0.2) is 0 Å². The lowest BCUT2D eigenvalue weighted by atomic mass is 9.94. The fraction of sp³-hybridized carbons (Fsp3) is 0.611. The van der Waals surface area contributed by atoms with Crippen molar-refractivity contribution in [3.63, 3.8) is 0 Å². The minimum atomic E-state index is 0.118. The number of aromatic nitrogens is 1. The van der Waals surface area contributed by atoms with Crippen molar-refractivity contribution < 1.29 is 14.3 Å². The van der Waals surface area contributed by atoms with E-state index in [2.05, 4.69) is 11.1 Å². The highest BCUT2D eigenvalue weighted by molar-refractivity contribution is 5.79. The van der Waals surface area contributed by atoms with Crippen molar-refractivity contribution >= 4 is 5.91 Å². The summed E-state index contributed by atoms with van der Waals surface area (Å²) in [6.07, 6.45) is 5.31. The van der Waals surface area contributed by atoms with Crippen molar-refractivity contribution in [2.24, 2.45) is 11.8 Å². The third-order valence-electron chi connectivity index (χ3n) is 4.73. The Bertz CT molecular complexity index is 608. The van der Waals surface area contributed by atoms with E-state index in [4.69, 9.17) is 14.7 Å². The molecule has 128 valence electrons. The zero-order valence-corrected chi connectivity index (χ0v) is 13.8. The number of pyridine rings is 1. The molecule has 0 N–H and O–H groups in total. The summed E-state index contributed by atoms with van der Waals surface area (Å²) >= 11 is 0. The van der Waals surface area contributed by atoms with E-state index in [1.807, 2.05) is 4.90 Å². The van der Waals surface area contributed by atoms with Gasteiger partial charge < -0.3 is 14.4 Å². The van der Waals surface area contributed by atoms with Crippen LogP contribution in [0.1, 0.15) is 31.2 Å². The molecule has 1 aromatic heterocycles. The third kappa shape index (κ3) is 4.24. The Balaban J connectivity index is 1.51. The Labute approximate surface area is 142 Å². The second kappa shape index (κ2) is 8.11. The predicted octanol–water partition coefficient (Wildman–Crippen LogP) is 2.00. The molecule has 3 rings (SSSR count). The average molecular weight is 329 g/mol. The molecular weight excluding hydrogens is 306 g/mol. The number of hydrogen-bond donors (Lipinski definition) is 0. The lowest BCUT2D eigenvalue weighted by Gasteiger charge is -2.35. The van der Waals surface area contributed by atoms with Crippen LogP contribution in [0.3, 0.4) is 0 Å². The summed E-state index contributed by atoms with van der Waals surface area (Å²) in [6, 6.07) is 5.38. The molecule has 1 unspecified atom stereocenters. The predicted molar refractivity (Wildman–Crippen MR) is 87.3 cm³/mol. The SMILES string of the molecule is N#Cc1ccnc(OCC2CCCN(C(=O)C3CCOCC3)C2)c1. The van der Waals surface area contributed by atoms with Crippen LogP contribution in [-0.2, 0) is 9.53 Å². The van der Waals surface area contributed by atoms with Crippen LogP contribution in [0.15, 0.2) is 18.3 Å². The van der Waals surface area contributed by atoms with Crippen LogP contribution in [0.25, 0.3) is 0 Å². The highest BCUT2D eigenvalue weighted by atomic mass is 16.5. The minimum Gasteiger partial charge on any atom is -0.477 e. The molecule has 0 aliphatic carbocycles. The van der Waals surface area contributed by atoms with E-state index < -0.39 is 0 Å². The number of nitrogens with zero attached hydrogens (tertiary/aromatic N) is 3. The van der Waals surface area contributed by atoms with E-state index in [9.17, 15) is 4.79 Å². The molecule has 6 nitrogen and oxygen atoms in total. The molecule has 0 bridgehead atoms. The van der Waals surface area contributed by atoms with Gasteiger partial charge in [-0.1, -0.05) is 0 Å². The van der Waals surface area contributed by atoms with Gasteiger partial charge in [-0.05, 0) is 31.7 Å². The Morgan fingerprint density at radius 1 is 1.42 bits per heavy atom. The zero-order chi connectivity index (χ0) is 16.8. The van der Waals surface area contributed by atoms with Gasteiger partial charge in [-0.2, -0.15) is 5.26 Å². The van der Waals surface area contributed by atoms with E-state index in [0.717, 1.165) is 38.8 Å². The summed E-state index contributed by atoms with van der Waals surface area (Å²) in [6.45, 7) is 3.50. The summed E-state index contributed by atoms with van der Waals surface area (Å²) in [7, 11) is 0. The van der Waals surface area contributed by atoms with Crippen molar-refractivity contribution in [1.82, 2.24) is 9.88 Å². The van der Waals surface area contributed by atoms with E-state index in [-0.39, 0.29) is 11.8 Å². The average Bonchev–Trinajstić information content (AvgIpc) is 2.67. The maximum Gasteiger partial charge on any atom is 0.225 e. The highest BCUT2D eigenvalue weighted by Gasteiger charge is 2.30. The smallest absolute Gasteiger partial charge is 0.225 e. The Hall–Kier alpha value is -2.13. The molecule has 2 fully saturated rings. The molecule has 1 atom stereocenters. The van der Waals surface area contributed by atoms with Crippen molar-refractivity contribution in [3.8, 4) is 11.9 Å². The molecule has 3 heterocycles. The largest absolute Gasteiger partial charge is 0.477 e. The van der Waals surface area contributed by atoms with E-state index in [1.54, 1.807) is 18.3 Å². The van der Waals surface area contributed by atoms with Gasteiger partial charge in [0, 0.05) is 50.4 Å². The molecule has 0 aromatic carbocycles. The van der Waals surface area contributed by atoms with Gasteiger partial charge in [0.1, 0.15) is 0 Å². The maximum atomic E-state index is 12.6. The molecule has 0 saturated carbocycles. The summed E-state index contributed by atoms with van der Waals surface area (Å²) in [5, 5.41) is 8.91. The van der Waals surface area contributed by atoms with Gasteiger partial charge in [0.25, 0.3) is 0 Å². The third-order valence-corrected chi connectivity index (χ3v) is 4.73. The first-order valence-electron chi connectivity index (χ1n) is 8.62. The van der Waals surface area contributed by atoms with E-state index >= 15 is 0 Å². The van der Waals surface area contributed by atoms with Crippen LogP contribution in [0, 0.1) is 23.2 Å². The maximum absolute atomic E-state index is 12.6. The zero-order valence-electron chi connectivity index (χ0n) is 13.8. The first-order chi connectivity index (χ1) is 11.8. The lowest BCUT2D eigenvalue weighted by molar-refractivity contribution is -0.140. The molecule has 2 aliphatic heterocycles. The van der Waals surface area contributed by atoms with Crippen molar-refractivity contribution in [3.05, 3.63) is 23.9 Å². The van der Waals surface area contributed by atoms with Gasteiger partial charge in [0.05, 0.1) is 18.2 Å². The standard InChI is InChI=1S/C18H23N3O3/c19-11-14-3-6-20-17(10-14)24-13-15-2-1-7-21(12-15)18(22)16-4-8-23-9-5-16/h3,6,10,15-16H,1-2,4-5,7-9,12-13H2. The van der Waals surface area contributed by atoms with Crippen LogP contribution in [-0.4, -0.2) is 48.7 Å². The number of carbonyl (C=O) groups is 1. The minimum absolute atomic E-state index is 0.118. The normalized spacial score (nSPS) is 22.0. The van der Waals surface area contributed by atoms with Gasteiger partial charge in [-0.25, -0.2) is 4.98 Å². The second-order valence-electron chi connectivity index (χ2n) is 6.48. The summed E-state index contributed by atoms with van der Waals surface area (Å²) in [5.41, 5.74) is 0.542. The topological polar surface area (TPSA) is 75.5 Å². The number of amides is 1. The molecular formula is C18H23N3O3. The van der Waals surface area contributed by atoms with E-state index in [0.29, 0.717) is 37.2 Å². The Morgan fingerprint density at radius 3 is 3.04 bits per heavy atom. The fourth-order valence-corrected chi connectivity index (χ4v) is 3.37. The van der Waals surface area contributed by atoms with Gasteiger partial charge >= 0.3 is 0 Å². The highest BCUT2D eigenvalue weighted by Crippen LogP contribution is 2.23. The van der Waals surface area contributed by atoms with E-state index in [1.165, 1.54) is 0 Å². The van der Waals surface area contributed by atoms with Crippen molar-refractivity contribution in [2.45, 2.75) is 25.7 Å². The van der Waals surface area contributed by atoms with Crippen LogP contribution >= 0.6 is 0 Å². The molecule has 6 heteroatoms. The number of nitriles is 1. The Kier molecular flexibility index (Phi) is 5.65. The lowest BCUT2D eigenvalue weighted by Crippen LogP contribution is -2.45. The molecule has 0 spiro atoms. The monoisotopic (exact) mass is 329 g/mol. The molecule has 0 radical (unpaired) electrons. The van der Waals surface area contributed by atoms with Crippen LogP contribution < -0.4 is 4.74 Å². The van der Waals surface area contributed by atoms with Gasteiger partial charge in [0.2, 0.25) is 11.8 Å². The van der Waals surface area contributed by atoms with Crippen LogP contribution in [0.4, 0.5) is 0 Å². The summed E-state index contributed by atoms with van der Waals surface area (Å²) in [5.74, 6) is 1.18. The first-order valence-corrected chi connectivity index (χ1v) is 8.62. The second-order valence-corrected chi connectivity index (χ2v) is 6.48. The molecule has 1 aromatic rings. The fourth-order valence-electron chi connectivity index (χ4n) is 3.37. The number of rotatable bonds is 4. The summed E-state index contributed by atoms with van der Waals surface area (Å²) < 4.78 is 11.1. The number of ether oxygens (including phenoxy) is 2. The van der Waals surface area contributed by atoms with Crippen molar-refractivity contribution in [2.75, 3.05) is 32.9 Å². The molecule has 2 aliphatic rings. The number of likely N-dealkylation sites (tertiary alicyclic amines) is 1. The Morgan fingerprint density at radius 2 is 2.25 bits per heavy atom. The first kappa shape index (κ1) is 16.7. The summed E-state index contributed by atoms with van der Waals surface area (Å²) in [4.78, 5) is 18.8. The molecule has 24 heavy (non-hydrogen) atoms. The van der Waals surface area contributed by atoms with Gasteiger partial charge in [-0.3, -0.25) is 4.79 Å².